The van der Waals surface area contributed by atoms with Crippen molar-refractivity contribution in [2.24, 2.45) is 0 Å². The van der Waals surface area contributed by atoms with Crippen LogP contribution in [0.25, 0.3) is 11.0 Å². The monoisotopic (exact) mass is 281 g/mol. The molecule has 4 nitrogen and oxygen atoms in total. The van der Waals surface area contributed by atoms with Gasteiger partial charge < -0.3 is 14.9 Å². The Bertz CT molecular complexity index is 833. The second-order valence-corrected chi connectivity index (χ2v) is 4.93. The molecule has 3 rings (SSSR count). The van der Waals surface area contributed by atoms with Crippen molar-refractivity contribution in [3.8, 4) is 5.75 Å². The summed E-state index contributed by atoms with van der Waals surface area (Å²) in [4.78, 5) is 12.5. The Morgan fingerprint density at radius 1 is 1.14 bits per heavy atom. The number of nitrogens with two attached hydrogens (primary N) is 1. The van der Waals surface area contributed by atoms with E-state index < -0.39 is 0 Å². The third kappa shape index (κ3) is 2.36. The van der Waals surface area contributed by atoms with E-state index in [4.69, 9.17) is 14.9 Å². The summed E-state index contributed by atoms with van der Waals surface area (Å²) in [6, 6.07) is 12.5. The van der Waals surface area contributed by atoms with Crippen LogP contribution < -0.4 is 10.5 Å². The topological polar surface area (TPSA) is 65.5 Å². The van der Waals surface area contributed by atoms with Gasteiger partial charge in [0, 0.05) is 22.7 Å². The quantitative estimate of drug-likeness (QED) is 0.589. The summed E-state index contributed by atoms with van der Waals surface area (Å²) >= 11 is 0. The van der Waals surface area contributed by atoms with Crippen molar-refractivity contribution in [3.05, 3.63) is 59.4 Å². The summed E-state index contributed by atoms with van der Waals surface area (Å²) in [5.74, 6) is 0.667. The fourth-order valence-electron chi connectivity index (χ4n) is 2.28. The van der Waals surface area contributed by atoms with E-state index >= 15 is 0 Å². The van der Waals surface area contributed by atoms with Gasteiger partial charge in [0.1, 0.15) is 11.3 Å². The molecule has 106 valence electrons. The van der Waals surface area contributed by atoms with Crippen LogP contribution in [0.15, 0.2) is 46.9 Å². The lowest BCUT2D eigenvalue weighted by Crippen LogP contribution is -2.04. The van der Waals surface area contributed by atoms with E-state index in [-0.39, 0.29) is 11.5 Å². The number of carbonyl (C=O) groups excluding carboxylic acids is 1. The molecule has 0 aliphatic rings. The van der Waals surface area contributed by atoms with E-state index in [2.05, 4.69) is 0 Å². The van der Waals surface area contributed by atoms with Crippen LogP contribution in [-0.4, -0.2) is 12.9 Å². The van der Waals surface area contributed by atoms with E-state index in [1.807, 2.05) is 25.1 Å². The van der Waals surface area contributed by atoms with Gasteiger partial charge >= 0.3 is 0 Å². The SMILES string of the molecule is COc1ccc(C(=O)c2cc3cc(C)ccc3o2)c(N)c1. The first-order valence-electron chi connectivity index (χ1n) is 6.57. The molecular weight excluding hydrogens is 266 g/mol. The molecule has 0 amide bonds. The van der Waals surface area contributed by atoms with E-state index in [1.54, 1.807) is 31.4 Å². The highest BCUT2D eigenvalue weighted by molar-refractivity contribution is 6.12. The van der Waals surface area contributed by atoms with Crippen LogP contribution >= 0.6 is 0 Å². The van der Waals surface area contributed by atoms with Gasteiger partial charge in [-0.1, -0.05) is 11.6 Å². The predicted octanol–water partition coefficient (Wildman–Crippen LogP) is 3.56. The van der Waals surface area contributed by atoms with Gasteiger partial charge in [-0.3, -0.25) is 4.79 Å². The van der Waals surface area contributed by atoms with Crippen LogP contribution in [0.3, 0.4) is 0 Å². The maximum Gasteiger partial charge on any atom is 0.230 e. The number of anilines is 1. The highest BCUT2D eigenvalue weighted by Crippen LogP contribution is 2.26. The van der Waals surface area contributed by atoms with Crippen molar-refractivity contribution in [2.45, 2.75) is 6.92 Å². The molecule has 0 spiro atoms. The van der Waals surface area contributed by atoms with Crippen LogP contribution in [0.2, 0.25) is 0 Å². The van der Waals surface area contributed by atoms with E-state index in [0.29, 0.717) is 22.6 Å². The Morgan fingerprint density at radius 3 is 2.67 bits per heavy atom. The molecule has 0 unspecified atom stereocenters. The first kappa shape index (κ1) is 13.2. The minimum absolute atomic E-state index is 0.232. The number of rotatable bonds is 3. The van der Waals surface area contributed by atoms with Crippen LogP contribution in [0.5, 0.6) is 5.75 Å². The Morgan fingerprint density at radius 2 is 1.95 bits per heavy atom. The summed E-state index contributed by atoms with van der Waals surface area (Å²) in [6.07, 6.45) is 0. The molecule has 0 aliphatic carbocycles. The van der Waals surface area contributed by atoms with Crippen molar-refractivity contribution in [1.29, 1.82) is 0 Å². The average molecular weight is 281 g/mol. The fourth-order valence-corrected chi connectivity index (χ4v) is 2.28. The Kier molecular flexibility index (Phi) is 3.14. The molecule has 21 heavy (non-hydrogen) atoms. The second kappa shape index (κ2) is 4.98. The Hall–Kier alpha value is -2.75. The lowest BCUT2D eigenvalue weighted by molar-refractivity contribution is 0.101. The van der Waals surface area contributed by atoms with Crippen molar-refractivity contribution in [1.82, 2.24) is 0 Å². The largest absolute Gasteiger partial charge is 0.497 e. The van der Waals surface area contributed by atoms with Crippen molar-refractivity contribution >= 4 is 22.4 Å². The van der Waals surface area contributed by atoms with Gasteiger partial charge in [0.2, 0.25) is 5.78 Å². The fraction of sp³-hybridized carbons (Fsp3) is 0.118. The van der Waals surface area contributed by atoms with Crippen LogP contribution in [0, 0.1) is 6.92 Å². The predicted molar refractivity (Wildman–Crippen MR) is 81.8 cm³/mol. The summed E-state index contributed by atoms with van der Waals surface area (Å²) in [5.41, 5.74) is 8.50. The lowest BCUT2D eigenvalue weighted by atomic mass is 10.1. The normalized spacial score (nSPS) is 10.8. The molecule has 0 saturated carbocycles. The minimum atomic E-state index is -0.232. The van der Waals surface area contributed by atoms with E-state index in [1.165, 1.54) is 0 Å². The number of aryl methyl sites for hydroxylation is 1. The number of hydrogen-bond donors (Lipinski definition) is 1. The van der Waals surface area contributed by atoms with Gasteiger partial charge in [-0.05, 0) is 37.3 Å². The number of ether oxygens (including phenoxy) is 1. The van der Waals surface area contributed by atoms with Crippen molar-refractivity contribution < 1.29 is 13.9 Å². The number of furan rings is 1. The number of benzene rings is 2. The van der Waals surface area contributed by atoms with Gasteiger partial charge in [-0.2, -0.15) is 0 Å². The highest BCUT2D eigenvalue weighted by Gasteiger charge is 2.17. The summed E-state index contributed by atoms with van der Waals surface area (Å²) in [5, 5.41) is 0.908. The number of fused-ring (bicyclic) bond motifs is 1. The maximum atomic E-state index is 12.5. The van der Waals surface area contributed by atoms with Gasteiger partial charge in [-0.15, -0.1) is 0 Å². The molecule has 1 heterocycles. The van der Waals surface area contributed by atoms with Gasteiger partial charge in [0.15, 0.2) is 5.76 Å². The number of nitrogen functional groups attached to an aromatic ring is 1. The smallest absolute Gasteiger partial charge is 0.230 e. The molecular formula is C17H15NO3. The van der Waals surface area contributed by atoms with Gasteiger partial charge in [0.05, 0.1) is 7.11 Å². The molecule has 4 heteroatoms. The molecule has 0 bridgehead atoms. The molecule has 2 N–H and O–H groups in total. The third-order valence-electron chi connectivity index (χ3n) is 3.40. The maximum absolute atomic E-state index is 12.5. The number of methoxy groups -OCH3 is 1. The molecule has 1 aromatic heterocycles. The number of carbonyl (C=O) groups is 1. The van der Waals surface area contributed by atoms with Crippen LogP contribution in [0.4, 0.5) is 5.69 Å². The van der Waals surface area contributed by atoms with E-state index in [0.717, 1.165) is 10.9 Å². The summed E-state index contributed by atoms with van der Waals surface area (Å²) < 4.78 is 10.7. The van der Waals surface area contributed by atoms with Crippen molar-refractivity contribution in [2.75, 3.05) is 12.8 Å². The summed E-state index contributed by atoms with van der Waals surface area (Å²) in [7, 11) is 1.55. The van der Waals surface area contributed by atoms with Crippen molar-refractivity contribution in [3.63, 3.8) is 0 Å². The minimum Gasteiger partial charge on any atom is -0.497 e. The molecule has 0 fully saturated rings. The second-order valence-electron chi connectivity index (χ2n) is 4.93. The molecule has 2 aromatic carbocycles. The first-order chi connectivity index (χ1) is 10.1. The standard InChI is InChI=1S/C17H15NO3/c1-10-3-6-15-11(7-10)8-16(21-15)17(19)13-5-4-12(20-2)9-14(13)18/h3-9H,18H2,1-2H3. The number of ketones is 1. The molecule has 0 aliphatic heterocycles. The highest BCUT2D eigenvalue weighted by atomic mass is 16.5. The molecule has 0 saturated heterocycles. The lowest BCUT2D eigenvalue weighted by Gasteiger charge is -2.05. The zero-order valence-corrected chi connectivity index (χ0v) is 11.8. The van der Waals surface area contributed by atoms with Gasteiger partial charge in [0.25, 0.3) is 0 Å². The Labute approximate surface area is 122 Å². The molecule has 0 radical (unpaired) electrons. The summed E-state index contributed by atoms with van der Waals surface area (Å²) in [6.45, 7) is 2.00. The first-order valence-corrected chi connectivity index (χ1v) is 6.57. The Balaban J connectivity index is 2.03. The van der Waals surface area contributed by atoms with E-state index in [9.17, 15) is 4.79 Å². The zero-order chi connectivity index (χ0) is 15.0. The third-order valence-corrected chi connectivity index (χ3v) is 3.40. The zero-order valence-electron chi connectivity index (χ0n) is 11.8. The van der Waals surface area contributed by atoms with Crippen LogP contribution in [-0.2, 0) is 0 Å². The molecule has 3 aromatic rings. The number of hydrogen-bond acceptors (Lipinski definition) is 4. The average Bonchev–Trinajstić information content (AvgIpc) is 2.89. The molecule has 0 atom stereocenters. The van der Waals surface area contributed by atoms with Gasteiger partial charge in [-0.25, -0.2) is 0 Å². The van der Waals surface area contributed by atoms with Crippen LogP contribution in [0.1, 0.15) is 21.7 Å².